The minimum absolute atomic E-state index is 0.00300. The van der Waals surface area contributed by atoms with Crippen LogP contribution in [0.3, 0.4) is 0 Å². The van der Waals surface area contributed by atoms with Crippen LogP contribution in [0.4, 0.5) is 10.5 Å². The second-order valence-electron chi connectivity index (χ2n) is 8.86. The second kappa shape index (κ2) is 9.16. The van der Waals surface area contributed by atoms with Crippen LogP contribution < -0.4 is 10.3 Å². The highest BCUT2D eigenvalue weighted by Crippen LogP contribution is 2.40. The van der Waals surface area contributed by atoms with E-state index in [1.54, 1.807) is 0 Å². The molecule has 0 bridgehead atoms. The van der Waals surface area contributed by atoms with Gasteiger partial charge in [0.1, 0.15) is 6.54 Å². The topological polar surface area (TPSA) is 89.9 Å². The average molecular weight is 414 g/mol. The van der Waals surface area contributed by atoms with Gasteiger partial charge in [0.05, 0.1) is 18.3 Å². The monoisotopic (exact) mass is 413 g/mol. The van der Waals surface area contributed by atoms with E-state index >= 15 is 0 Å². The summed E-state index contributed by atoms with van der Waals surface area (Å²) in [5.41, 5.74) is 4.95. The van der Waals surface area contributed by atoms with Crippen molar-refractivity contribution in [1.82, 2.24) is 10.4 Å². The molecule has 1 aliphatic heterocycles. The Labute approximate surface area is 177 Å². The van der Waals surface area contributed by atoms with E-state index in [1.165, 1.54) is 16.3 Å². The summed E-state index contributed by atoms with van der Waals surface area (Å²) in [7, 11) is 0. The maximum atomic E-state index is 13.4. The molecule has 1 atom stereocenters. The van der Waals surface area contributed by atoms with Gasteiger partial charge in [-0.05, 0) is 43.2 Å². The van der Waals surface area contributed by atoms with Gasteiger partial charge in [0.15, 0.2) is 5.78 Å². The number of hydrogen-bond acceptors (Lipinski definition) is 4. The van der Waals surface area contributed by atoms with Gasteiger partial charge in [-0.25, -0.2) is 15.2 Å². The molecule has 162 valence electrons. The number of carbonyl (C=O) groups excluding carboxylic acids is 2. The number of carboxylic acid groups (broad SMARTS) is 1. The predicted molar refractivity (Wildman–Crippen MR) is 113 cm³/mol. The summed E-state index contributed by atoms with van der Waals surface area (Å²) in [4.78, 5) is 39.3. The van der Waals surface area contributed by atoms with E-state index in [0.717, 1.165) is 62.6 Å². The Kier molecular flexibility index (Phi) is 6.37. The second-order valence-corrected chi connectivity index (χ2v) is 8.86. The van der Waals surface area contributed by atoms with E-state index in [-0.39, 0.29) is 24.3 Å². The van der Waals surface area contributed by atoms with Crippen LogP contribution in [-0.2, 0) is 9.59 Å². The smallest absolute Gasteiger partial charge is 0.339 e. The number of anilines is 1. The van der Waals surface area contributed by atoms with Gasteiger partial charge in [-0.3, -0.25) is 14.5 Å². The van der Waals surface area contributed by atoms with Crippen molar-refractivity contribution >= 4 is 23.5 Å². The molecule has 7 nitrogen and oxygen atoms in total. The van der Waals surface area contributed by atoms with Gasteiger partial charge < -0.3 is 5.11 Å². The fourth-order valence-corrected chi connectivity index (χ4v) is 5.30. The van der Waals surface area contributed by atoms with E-state index in [9.17, 15) is 19.5 Å². The number of amides is 2. The highest BCUT2D eigenvalue weighted by atomic mass is 16.4. The number of rotatable bonds is 6. The number of carbonyl (C=O) groups is 3. The third kappa shape index (κ3) is 4.36. The SMILES string of the molecule is O=C(O)CN1NC(C2CCCCC2)c2ccccc2N(CC(=O)C2CCCC2)C1=O. The summed E-state index contributed by atoms with van der Waals surface area (Å²) in [5.74, 6) is -0.675. The predicted octanol–water partition coefficient (Wildman–Crippen LogP) is 3.90. The minimum atomic E-state index is -1.08. The van der Waals surface area contributed by atoms with Gasteiger partial charge in [0, 0.05) is 5.92 Å². The third-order valence-electron chi connectivity index (χ3n) is 6.86. The summed E-state index contributed by atoms with van der Waals surface area (Å²) in [6.45, 7) is -0.445. The molecule has 1 aromatic rings. The number of nitrogens with zero attached hydrogens (tertiary/aromatic N) is 2. The Bertz CT molecular complexity index is 799. The Morgan fingerprint density at radius 3 is 2.33 bits per heavy atom. The van der Waals surface area contributed by atoms with Crippen molar-refractivity contribution in [2.75, 3.05) is 18.0 Å². The average Bonchev–Trinajstić information content (AvgIpc) is 3.27. The zero-order valence-corrected chi connectivity index (χ0v) is 17.4. The lowest BCUT2D eigenvalue weighted by atomic mass is 9.81. The van der Waals surface area contributed by atoms with Gasteiger partial charge in [-0.2, -0.15) is 0 Å². The Morgan fingerprint density at radius 1 is 0.967 bits per heavy atom. The Balaban J connectivity index is 1.69. The highest BCUT2D eigenvalue weighted by molar-refractivity contribution is 6.00. The fourth-order valence-electron chi connectivity index (χ4n) is 5.30. The van der Waals surface area contributed by atoms with E-state index in [2.05, 4.69) is 5.43 Å². The number of nitrogens with one attached hydrogen (secondary N) is 1. The molecule has 0 spiro atoms. The standard InChI is InChI=1S/C23H31N3O4/c27-20(16-8-4-5-9-16)14-25-19-13-7-6-12-18(19)22(17-10-2-1-3-11-17)24-26(23(25)30)15-21(28)29/h6-7,12-13,16-17,22,24H,1-5,8-11,14-15H2,(H,28,29). The van der Waals surface area contributed by atoms with E-state index in [1.807, 2.05) is 24.3 Å². The van der Waals surface area contributed by atoms with Crippen LogP contribution in [0.15, 0.2) is 24.3 Å². The van der Waals surface area contributed by atoms with Crippen LogP contribution in [0.25, 0.3) is 0 Å². The van der Waals surface area contributed by atoms with Crippen LogP contribution in [-0.4, -0.2) is 41.0 Å². The lowest BCUT2D eigenvalue weighted by Crippen LogP contribution is -2.53. The number of hydrogen-bond donors (Lipinski definition) is 2. The van der Waals surface area contributed by atoms with Gasteiger partial charge >= 0.3 is 12.0 Å². The molecule has 2 saturated carbocycles. The molecular formula is C23H31N3O4. The molecule has 4 rings (SSSR count). The number of hydrazine groups is 1. The van der Waals surface area contributed by atoms with Gasteiger partial charge in [-0.1, -0.05) is 50.3 Å². The van der Waals surface area contributed by atoms with Crippen molar-refractivity contribution < 1.29 is 19.5 Å². The van der Waals surface area contributed by atoms with Crippen molar-refractivity contribution in [2.45, 2.75) is 63.8 Å². The normalized spacial score (nSPS) is 23.3. The lowest BCUT2D eigenvalue weighted by molar-refractivity contribution is -0.138. The first kappa shape index (κ1) is 20.8. The van der Waals surface area contributed by atoms with Gasteiger partial charge in [-0.15, -0.1) is 0 Å². The van der Waals surface area contributed by atoms with E-state index < -0.39 is 18.5 Å². The first-order valence-electron chi connectivity index (χ1n) is 11.2. The number of carboxylic acids is 1. The van der Waals surface area contributed by atoms with Crippen LogP contribution in [0, 0.1) is 11.8 Å². The number of Topliss-reactive ketones (excluding diaryl/α,β-unsaturated/α-hetero) is 1. The summed E-state index contributed by atoms with van der Waals surface area (Å²) < 4.78 is 0. The molecular weight excluding hydrogens is 382 g/mol. The molecule has 2 fully saturated rings. The zero-order chi connectivity index (χ0) is 21.1. The summed E-state index contributed by atoms with van der Waals surface area (Å²) in [5, 5.41) is 10.6. The fraction of sp³-hybridized carbons (Fsp3) is 0.609. The quantitative estimate of drug-likeness (QED) is 0.738. The minimum Gasteiger partial charge on any atom is -0.480 e. The number of aliphatic carboxylic acids is 1. The number of para-hydroxylation sites is 1. The Morgan fingerprint density at radius 2 is 1.63 bits per heavy atom. The van der Waals surface area contributed by atoms with Crippen molar-refractivity contribution in [2.24, 2.45) is 11.8 Å². The van der Waals surface area contributed by atoms with Crippen LogP contribution in [0.1, 0.15) is 69.4 Å². The zero-order valence-electron chi connectivity index (χ0n) is 17.4. The van der Waals surface area contributed by atoms with Crippen molar-refractivity contribution in [3.63, 3.8) is 0 Å². The Hall–Kier alpha value is -2.41. The molecule has 1 unspecified atom stereocenters. The maximum absolute atomic E-state index is 13.4. The molecule has 30 heavy (non-hydrogen) atoms. The molecule has 0 saturated heterocycles. The summed E-state index contributed by atoms with van der Waals surface area (Å²) in [6.07, 6.45) is 9.45. The van der Waals surface area contributed by atoms with Crippen LogP contribution >= 0.6 is 0 Å². The molecule has 2 amide bonds. The number of urea groups is 1. The third-order valence-corrected chi connectivity index (χ3v) is 6.86. The largest absolute Gasteiger partial charge is 0.480 e. The van der Waals surface area contributed by atoms with Gasteiger partial charge in [0.2, 0.25) is 0 Å². The number of ketones is 1. The molecule has 7 heteroatoms. The number of fused-ring (bicyclic) bond motifs is 1. The molecule has 1 aromatic carbocycles. The first-order valence-corrected chi connectivity index (χ1v) is 11.2. The molecule has 0 aromatic heterocycles. The number of benzene rings is 1. The summed E-state index contributed by atoms with van der Waals surface area (Å²) in [6, 6.07) is 7.11. The lowest BCUT2D eigenvalue weighted by Gasteiger charge is -2.33. The molecule has 2 N–H and O–H groups in total. The summed E-state index contributed by atoms with van der Waals surface area (Å²) >= 11 is 0. The first-order chi connectivity index (χ1) is 14.5. The van der Waals surface area contributed by atoms with Crippen molar-refractivity contribution in [3.05, 3.63) is 29.8 Å². The molecule has 2 aliphatic carbocycles. The van der Waals surface area contributed by atoms with Crippen molar-refractivity contribution in [1.29, 1.82) is 0 Å². The van der Waals surface area contributed by atoms with Crippen LogP contribution in [0.5, 0.6) is 0 Å². The van der Waals surface area contributed by atoms with Gasteiger partial charge in [0.25, 0.3) is 0 Å². The van der Waals surface area contributed by atoms with Crippen LogP contribution in [0.2, 0.25) is 0 Å². The molecule has 0 radical (unpaired) electrons. The van der Waals surface area contributed by atoms with Crippen molar-refractivity contribution in [3.8, 4) is 0 Å². The highest BCUT2D eigenvalue weighted by Gasteiger charge is 2.38. The van der Waals surface area contributed by atoms with E-state index in [4.69, 9.17) is 0 Å². The van der Waals surface area contributed by atoms with E-state index in [0.29, 0.717) is 5.92 Å². The molecule has 1 heterocycles. The maximum Gasteiger partial charge on any atom is 0.339 e. The molecule has 3 aliphatic rings.